The second-order valence-corrected chi connectivity index (χ2v) is 2.92. The maximum atomic E-state index is 5.96. The zero-order chi connectivity index (χ0) is 8.55. The second kappa shape index (κ2) is 2.64. The van der Waals surface area contributed by atoms with Crippen molar-refractivity contribution in [3.05, 3.63) is 35.5 Å². The largest absolute Gasteiger partial charge is 0.398 e. The van der Waals surface area contributed by atoms with Gasteiger partial charge in [0.1, 0.15) is 0 Å². The van der Waals surface area contributed by atoms with Gasteiger partial charge in [-0.3, -0.25) is 4.98 Å². The zero-order valence-electron chi connectivity index (χ0n) is 6.29. The van der Waals surface area contributed by atoms with Crippen LogP contribution in [0.1, 0.15) is 0 Å². The Labute approximate surface area is 75.0 Å². The summed E-state index contributed by atoms with van der Waals surface area (Å²) in [5.41, 5.74) is 7.09. The van der Waals surface area contributed by atoms with Gasteiger partial charge >= 0.3 is 0 Å². The van der Waals surface area contributed by atoms with Crippen LogP contribution in [0.4, 0.5) is 5.69 Å². The van der Waals surface area contributed by atoms with Gasteiger partial charge in [-0.05, 0) is 24.3 Å². The number of hydrogen-bond acceptors (Lipinski definition) is 2. The van der Waals surface area contributed by atoms with Crippen molar-refractivity contribution in [3.8, 4) is 0 Å². The minimum atomic E-state index is 0.584. The lowest BCUT2D eigenvalue weighted by Crippen LogP contribution is -1.87. The summed E-state index contributed by atoms with van der Waals surface area (Å²) in [7, 11) is 0. The molecule has 0 bridgehead atoms. The number of nitrogen functional groups attached to an aromatic ring is 1. The minimum Gasteiger partial charge on any atom is -0.398 e. The van der Waals surface area contributed by atoms with E-state index in [0.29, 0.717) is 10.7 Å². The monoisotopic (exact) mass is 178 g/mol. The number of nitrogens with two attached hydrogens (primary N) is 1. The lowest BCUT2D eigenvalue weighted by atomic mass is 10.2. The van der Waals surface area contributed by atoms with Crippen molar-refractivity contribution < 1.29 is 0 Å². The van der Waals surface area contributed by atoms with Gasteiger partial charge in [0.25, 0.3) is 0 Å². The van der Waals surface area contributed by atoms with E-state index in [-0.39, 0.29) is 0 Å². The number of fused-ring (bicyclic) bond motifs is 1. The van der Waals surface area contributed by atoms with Gasteiger partial charge in [0.2, 0.25) is 0 Å². The number of nitrogens with zero attached hydrogens (tertiary/aromatic N) is 1. The number of benzene rings is 1. The van der Waals surface area contributed by atoms with Crippen molar-refractivity contribution in [1.82, 2.24) is 4.98 Å². The van der Waals surface area contributed by atoms with E-state index in [1.807, 2.05) is 18.2 Å². The molecule has 0 saturated carbocycles. The van der Waals surface area contributed by atoms with Gasteiger partial charge in [0.05, 0.1) is 16.2 Å². The molecule has 0 fully saturated rings. The van der Waals surface area contributed by atoms with E-state index in [2.05, 4.69) is 4.98 Å². The van der Waals surface area contributed by atoms with Gasteiger partial charge in [0, 0.05) is 11.6 Å². The highest BCUT2D eigenvalue weighted by molar-refractivity contribution is 6.37. The topological polar surface area (TPSA) is 38.9 Å². The third-order valence-electron chi connectivity index (χ3n) is 1.75. The Balaban J connectivity index is 2.91. The molecule has 0 aliphatic carbocycles. The molecule has 0 spiro atoms. The van der Waals surface area contributed by atoms with Crippen LogP contribution in [0.25, 0.3) is 10.9 Å². The molecule has 1 heterocycles. The van der Waals surface area contributed by atoms with Crippen LogP contribution in [-0.4, -0.2) is 4.98 Å². The summed E-state index contributed by atoms with van der Waals surface area (Å²) in [4.78, 5) is 4.14. The molecule has 2 N–H and O–H groups in total. The zero-order valence-corrected chi connectivity index (χ0v) is 7.05. The number of pyridine rings is 1. The van der Waals surface area contributed by atoms with Crippen molar-refractivity contribution in [2.45, 2.75) is 0 Å². The first kappa shape index (κ1) is 7.37. The fourth-order valence-corrected chi connectivity index (χ4v) is 1.36. The van der Waals surface area contributed by atoms with E-state index in [0.717, 1.165) is 10.9 Å². The van der Waals surface area contributed by atoms with Crippen LogP contribution in [-0.2, 0) is 0 Å². The lowest BCUT2D eigenvalue weighted by molar-refractivity contribution is 1.41. The van der Waals surface area contributed by atoms with Gasteiger partial charge < -0.3 is 5.73 Å². The summed E-state index contributed by atoms with van der Waals surface area (Å²) in [6.45, 7) is 0. The molecule has 3 heteroatoms. The number of anilines is 1. The van der Waals surface area contributed by atoms with E-state index < -0.39 is 0 Å². The van der Waals surface area contributed by atoms with E-state index in [9.17, 15) is 0 Å². The SMILES string of the molecule is Nc1ccc2ncccc2c1Cl. The summed E-state index contributed by atoms with van der Waals surface area (Å²) < 4.78 is 0. The molecule has 2 aromatic rings. The Morgan fingerprint density at radius 3 is 2.92 bits per heavy atom. The molecule has 0 unspecified atom stereocenters. The average Bonchev–Trinajstić information content (AvgIpc) is 2.12. The Kier molecular flexibility index (Phi) is 1.62. The molecule has 0 atom stereocenters. The molecule has 1 aromatic heterocycles. The fourth-order valence-electron chi connectivity index (χ4n) is 1.13. The summed E-state index contributed by atoms with van der Waals surface area (Å²) in [5.74, 6) is 0. The highest BCUT2D eigenvalue weighted by Gasteiger charge is 2.01. The Morgan fingerprint density at radius 1 is 1.25 bits per heavy atom. The maximum Gasteiger partial charge on any atom is 0.0729 e. The second-order valence-electron chi connectivity index (χ2n) is 2.54. The maximum absolute atomic E-state index is 5.96. The highest BCUT2D eigenvalue weighted by atomic mass is 35.5. The van der Waals surface area contributed by atoms with Crippen LogP contribution < -0.4 is 5.73 Å². The fraction of sp³-hybridized carbons (Fsp3) is 0. The smallest absolute Gasteiger partial charge is 0.0729 e. The molecular formula is C9H7ClN2. The Hall–Kier alpha value is -1.28. The molecule has 0 saturated heterocycles. The molecule has 2 rings (SSSR count). The van der Waals surface area contributed by atoms with Crippen LogP contribution >= 0.6 is 11.6 Å². The predicted octanol–water partition coefficient (Wildman–Crippen LogP) is 2.47. The first-order valence-corrected chi connectivity index (χ1v) is 3.95. The molecule has 2 nitrogen and oxygen atoms in total. The molecule has 0 aliphatic rings. The average molecular weight is 179 g/mol. The van der Waals surface area contributed by atoms with Crippen LogP contribution in [0.5, 0.6) is 0 Å². The van der Waals surface area contributed by atoms with Gasteiger partial charge in [-0.2, -0.15) is 0 Å². The first-order chi connectivity index (χ1) is 5.79. The molecule has 0 radical (unpaired) electrons. The Bertz CT molecular complexity index is 426. The van der Waals surface area contributed by atoms with Crippen molar-refractivity contribution in [2.24, 2.45) is 0 Å². The lowest BCUT2D eigenvalue weighted by Gasteiger charge is -2.01. The molecule has 12 heavy (non-hydrogen) atoms. The number of halogens is 1. The van der Waals surface area contributed by atoms with Crippen molar-refractivity contribution in [1.29, 1.82) is 0 Å². The van der Waals surface area contributed by atoms with Crippen LogP contribution in [0.15, 0.2) is 30.5 Å². The minimum absolute atomic E-state index is 0.584. The quantitative estimate of drug-likeness (QED) is 0.630. The number of rotatable bonds is 0. The number of aromatic nitrogens is 1. The van der Waals surface area contributed by atoms with Crippen molar-refractivity contribution >= 4 is 28.2 Å². The predicted molar refractivity (Wildman–Crippen MR) is 51.2 cm³/mol. The van der Waals surface area contributed by atoms with E-state index >= 15 is 0 Å². The third kappa shape index (κ3) is 1.01. The summed E-state index contributed by atoms with van der Waals surface area (Å²) >= 11 is 5.96. The third-order valence-corrected chi connectivity index (χ3v) is 2.17. The summed E-state index contributed by atoms with van der Waals surface area (Å²) in [6.07, 6.45) is 1.73. The summed E-state index contributed by atoms with van der Waals surface area (Å²) in [6, 6.07) is 7.36. The van der Waals surface area contributed by atoms with Gasteiger partial charge in [-0.1, -0.05) is 11.6 Å². The van der Waals surface area contributed by atoms with E-state index in [1.165, 1.54) is 0 Å². The van der Waals surface area contributed by atoms with Gasteiger partial charge in [0.15, 0.2) is 0 Å². The van der Waals surface area contributed by atoms with Crippen LogP contribution in [0, 0.1) is 0 Å². The molecule has 0 amide bonds. The normalized spacial score (nSPS) is 10.4. The van der Waals surface area contributed by atoms with Crippen LogP contribution in [0.2, 0.25) is 5.02 Å². The van der Waals surface area contributed by atoms with Crippen molar-refractivity contribution in [2.75, 3.05) is 5.73 Å². The van der Waals surface area contributed by atoms with Crippen molar-refractivity contribution in [3.63, 3.8) is 0 Å². The van der Waals surface area contributed by atoms with Gasteiger partial charge in [-0.15, -0.1) is 0 Å². The molecular weight excluding hydrogens is 172 g/mol. The molecule has 0 aliphatic heterocycles. The standard InChI is InChI=1S/C9H7ClN2/c10-9-6-2-1-5-12-8(6)4-3-7(9)11/h1-5H,11H2. The molecule has 1 aromatic carbocycles. The Morgan fingerprint density at radius 2 is 2.08 bits per heavy atom. The van der Waals surface area contributed by atoms with Crippen LogP contribution in [0.3, 0.4) is 0 Å². The molecule has 60 valence electrons. The highest BCUT2D eigenvalue weighted by Crippen LogP contribution is 2.27. The number of hydrogen-bond donors (Lipinski definition) is 1. The first-order valence-electron chi connectivity index (χ1n) is 3.58. The van der Waals surface area contributed by atoms with E-state index in [1.54, 1.807) is 12.3 Å². The summed E-state index contributed by atoms with van der Waals surface area (Å²) in [5, 5.41) is 1.49. The van der Waals surface area contributed by atoms with Gasteiger partial charge in [-0.25, -0.2) is 0 Å². The van der Waals surface area contributed by atoms with E-state index in [4.69, 9.17) is 17.3 Å².